The minimum Gasteiger partial charge on any atom is -0.310 e. The van der Waals surface area contributed by atoms with E-state index in [0.717, 1.165) is 77.3 Å². The van der Waals surface area contributed by atoms with E-state index < -0.39 is 0 Å². The number of rotatable bonds is 2. The number of hydrogen-bond donors (Lipinski definition) is 0. The van der Waals surface area contributed by atoms with Crippen LogP contribution in [0, 0.1) is 22.7 Å². The molecule has 0 amide bonds. The molecule has 0 aliphatic carbocycles. The molecule has 2 aromatic heterocycles. The van der Waals surface area contributed by atoms with Crippen LogP contribution >= 0.6 is 0 Å². The van der Waals surface area contributed by atoms with Crippen LogP contribution in [-0.4, -0.2) is 15.8 Å². The third-order valence-corrected chi connectivity index (χ3v) is 12.7. The Bertz CT molecular complexity index is 3270. The summed E-state index contributed by atoms with van der Waals surface area (Å²) in [6.45, 7) is 13.3. The van der Waals surface area contributed by atoms with E-state index in [9.17, 15) is 10.5 Å². The van der Waals surface area contributed by atoms with Gasteiger partial charge in [-0.3, -0.25) is 0 Å². The fourth-order valence-corrected chi connectivity index (χ4v) is 9.99. The molecule has 0 saturated carbocycles. The van der Waals surface area contributed by atoms with Crippen molar-refractivity contribution in [2.45, 2.75) is 52.4 Å². The topological polar surface area (TPSA) is 60.7 Å². The lowest BCUT2D eigenvalue weighted by Crippen LogP contribution is -2.61. The normalized spacial score (nSPS) is 13.2. The van der Waals surface area contributed by atoms with Crippen molar-refractivity contribution < 1.29 is 0 Å². The number of nitrogens with zero attached hydrogens (tertiary/aromatic N) is 5. The number of fused-ring (bicyclic) bond motifs is 10. The lowest BCUT2D eigenvalue weighted by atomic mass is 9.33. The molecule has 0 spiro atoms. The summed E-state index contributed by atoms with van der Waals surface area (Å²) < 4.78 is 4.55. The van der Waals surface area contributed by atoms with Gasteiger partial charge in [0.1, 0.15) is 23.3 Å². The van der Waals surface area contributed by atoms with Gasteiger partial charge in [-0.1, -0.05) is 126 Å². The Morgan fingerprint density at radius 1 is 0.483 bits per heavy atom. The molecule has 2 aliphatic heterocycles. The molecule has 0 atom stereocenters. The second kappa shape index (κ2) is 11.8. The molecule has 0 N–H and O–H groups in total. The first kappa shape index (κ1) is 34.3. The minimum absolute atomic E-state index is 0.0807. The molecule has 5 nitrogen and oxygen atoms in total. The van der Waals surface area contributed by atoms with Crippen LogP contribution in [0.25, 0.3) is 55.0 Å². The number of benzene rings is 7. The van der Waals surface area contributed by atoms with Crippen LogP contribution < -0.4 is 21.3 Å². The standard InChI is InChI=1S/C52H40BN5/c1-51(2,3)31-23-25-43-36(27-31)37-28-32(52(4,5)6)24-26-44(37)57(43)47-38(29-54)49-46-50(39(47)30-55)58-42-21-12-10-17-34(42)35-18-14-20-41(48(35)58)53(46)40-19-11-13-22-45(40)56(49)33-15-8-7-9-16-33/h7-28H,1-6H3. The van der Waals surface area contributed by atoms with Gasteiger partial charge in [-0.2, -0.15) is 10.5 Å². The monoisotopic (exact) mass is 745 g/mol. The average molecular weight is 746 g/mol. The van der Waals surface area contributed by atoms with Crippen LogP contribution in [0.1, 0.15) is 63.8 Å². The zero-order valence-corrected chi connectivity index (χ0v) is 33.5. The molecule has 0 unspecified atom stereocenters. The molecule has 58 heavy (non-hydrogen) atoms. The third kappa shape index (κ3) is 4.46. The fraction of sp³-hybridized carbons (Fsp3) is 0.154. The fourth-order valence-electron chi connectivity index (χ4n) is 9.99. The largest absolute Gasteiger partial charge is 0.310 e. The van der Waals surface area contributed by atoms with Gasteiger partial charge in [-0.25, -0.2) is 0 Å². The van der Waals surface area contributed by atoms with Gasteiger partial charge in [-0.05, 0) is 86.9 Å². The predicted molar refractivity (Wildman–Crippen MR) is 241 cm³/mol. The molecule has 276 valence electrons. The van der Waals surface area contributed by atoms with Crippen molar-refractivity contribution >= 4 is 83.8 Å². The maximum absolute atomic E-state index is 11.8. The van der Waals surface area contributed by atoms with E-state index >= 15 is 0 Å². The van der Waals surface area contributed by atoms with Crippen LogP contribution in [-0.2, 0) is 10.8 Å². The van der Waals surface area contributed by atoms with Crippen molar-refractivity contribution in [3.8, 4) is 23.5 Å². The SMILES string of the molecule is CC(C)(C)c1ccc2c(c1)c1cc(C(C)(C)C)ccc1n2-c1c(C#N)c2c3c(c1C#N)-n1c4ccccc4c4cccc(c41)B3c1ccccc1N2c1ccccc1. The van der Waals surface area contributed by atoms with Crippen molar-refractivity contribution in [2.75, 3.05) is 4.90 Å². The van der Waals surface area contributed by atoms with Gasteiger partial charge in [0.25, 0.3) is 6.71 Å². The highest BCUT2D eigenvalue weighted by Crippen LogP contribution is 2.48. The molecule has 0 bridgehead atoms. The second-order valence-electron chi connectivity index (χ2n) is 18.0. The molecule has 7 aromatic carbocycles. The number of aromatic nitrogens is 2. The van der Waals surface area contributed by atoms with Crippen molar-refractivity contribution in [3.63, 3.8) is 0 Å². The van der Waals surface area contributed by atoms with E-state index in [0.29, 0.717) is 16.8 Å². The molecule has 2 aliphatic rings. The van der Waals surface area contributed by atoms with Crippen molar-refractivity contribution in [1.82, 2.24) is 9.13 Å². The van der Waals surface area contributed by atoms with Gasteiger partial charge in [0.15, 0.2) is 0 Å². The summed E-state index contributed by atoms with van der Waals surface area (Å²) in [5.41, 5.74) is 14.9. The first-order chi connectivity index (χ1) is 28.0. The van der Waals surface area contributed by atoms with E-state index in [1.807, 2.05) is 6.07 Å². The summed E-state index contributed by atoms with van der Waals surface area (Å²) in [5.74, 6) is 0. The molecule has 0 fully saturated rings. The first-order valence-corrected chi connectivity index (χ1v) is 20.1. The Morgan fingerprint density at radius 2 is 1.03 bits per heavy atom. The van der Waals surface area contributed by atoms with E-state index in [2.05, 4.69) is 195 Å². The molecular formula is C52H40BN5. The smallest absolute Gasteiger partial charge is 0.252 e. The zero-order chi connectivity index (χ0) is 39.8. The number of para-hydroxylation sites is 4. The number of anilines is 3. The van der Waals surface area contributed by atoms with E-state index in [1.165, 1.54) is 16.6 Å². The number of hydrogen-bond acceptors (Lipinski definition) is 3. The Kier molecular flexibility index (Phi) is 6.95. The summed E-state index contributed by atoms with van der Waals surface area (Å²) in [4.78, 5) is 2.27. The highest BCUT2D eigenvalue weighted by Gasteiger charge is 2.46. The minimum atomic E-state index is -0.211. The van der Waals surface area contributed by atoms with Gasteiger partial charge in [0.2, 0.25) is 0 Å². The van der Waals surface area contributed by atoms with Gasteiger partial charge in [0, 0.05) is 38.4 Å². The molecule has 6 heteroatoms. The Morgan fingerprint density at radius 3 is 1.69 bits per heavy atom. The average Bonchev–Trinajstić information content (AvgIpc) is 3.74. The molecule has 0 saturated heterocycles. The van der Waals surface area contributed by atoms with Crippen LogP contribution in [0.15, 0.2) is 133 Å². The lowest BCUT2D eigenvalue weighted by molar-refractivity contribution is 0.590. The molecule has 11 rings (SSSR count). The molecule has 9 aromatic rings. The van der Waals surface area contributed by atoms with Crippen molar-refractivity contribution in [3.05, 3.63) is 156 Å². The number of nitriles is 2. The summed E-state index contributed by atoms with van der Waals surface area (Å²) in [6, 6.07) is 53.1. The Balaban J connectivity index is 1.40. The quantitative estimate of drug-likeness (QED) is 0.166. The first-order valence-electron chi connectivity index (χ1n) is 20.1. The van der Waals surface area contributed by atoms with Gasteiger partial charge in [0.05, 0.1) is 33.6 Å². The van der Waals surface area contributed by atoms with Gasteiger partial charge < -0.3 is 14.0 Å². The summed E-state index contributed by atoms with van der Waals surface area (Å²) >= 11 is 0. The molecule has 0 radical (unpaired) electrons. The van der Waals surface area contributed by atoms with Crippen molar-refractivity contribution in [1.29, 1.82) is 10.5 Å². The summed E-state index contributed by atoms with van der Waals surface area (Å²) in [7, 11) is 0. The zero-order valence-electron chi connectivity index (χ0n) is 33.5. The molecular weight excluding hydrogens is 705 g/mol. The van der Waals surface area contributed by atoms with Gasteiger partial charge in [-0.15, -0.1) is 0 Å². The van der Waals surface area contributed by atoms with E-state index in [1.54, 1.807) is 0 Å². The van der Waals surface area contributed by atoms with Crippen LogP contribution in [0.2, 0.25) is 0 Å². The van der Waals surface area contributed by atoms with Gasteiger partial charge >= 0.3 is 0 Å². The highest BCUT2D eigenvalue weighted by molar-refractivity contribution is 7.00. The van der Waals surface area contributed by atoms with E-state index in [4.69, 9.17) is 0 Å². The second-order valence-corrected chi connectivity index (χ2v) is 18.0. The van der Waals surface area contributed by atoms with E-state index in [-0.39, 0.29) is 17.5 Å². The molecule has 4 heterocycles. The van der Waals surface area contributed by atoms with Crippen molar-refractivity contribution in [2.24, 2.45) is 0 Å². The Hall–Kier alpha value is -7.02. The lowest BCUT2D eigenvalue weighted by Gasteiger charge is -2.41. The summed E-state index contributed by atoms with van der Waals surface area (Å²) in [5, 5.41) is 28.1. The Labute approximate surface area is 338 Å². The highest BCUT2D eigenvalue weighted by atomic mass is 15.2. The third-order valence-electron chi connectivity index (χ3n) is 12.7. The maximum atomic E-state index is 11.8. The maximum Gasteiger partial charge on any atom is 0.252 e. The van der Waals surface area contributed by atoms with Crippen LogP contribution in [0.3, 0.4) is 0 Å². The predicted octanol–water partition coefficient (Wildman–Crippen LogP) is 10.8. The van der Waals surface area contributed by atoms with Crippen LogP contribution in [0.4, 0.5) is 17.1 Å². The summed E-state index contributed by atoms with van der Waals surface area (Å²) in [6.07, 6.45) is 0. The van der Waals surface area contributed by atoms with Crippen LogP contribution in [0.5, 0.6) is 0 Å².